The third kappa shape index (κ3) is 4.56. The number of hydrogen-bond donors (Lipinski definition) is 0. The zero-order valence-electron chi connectivity index (χ0n) is 12.6. The monoisotopic (exact) mass is 266 g/mol. The molecule has 0 radical (unpaired) electrons. The summed E-state index contributed by atoms with van der Waals surface area (Å²) in [5.41, 5.74) is 2.45. The van der Waals surface area contributed by atoms with Crippen LogP contribution in [0.4, 0.5) is 0 Å². The molecule has 0 N–H and O–H groups in total. The summed E-state index contributed by atoms with van der Waals surface area (Å²) in [6.07, 6.45) is 6.51. The lowest BCUT2D eigenvalue weighted by Crippen LogP contribution is -2.17. The van der Waals surface area contributed by atoms with Crippen molar-refractivity contribution < 1.29 is 0 Å². The molecule has 1 rings (SSSR count). The minimum absolute atomic E-state index is 0.123. The van der Waals surface area contributed by atoms with Crippen LogP contribution in [0.1, 0.15) is 57.6 Å². The summed E-state index contributed by atoms with van der Waals surface area (Å²) in [7, 11) is 0. The largest absolute Gasteiger partial charge is 0.192 e. The quantitative estimate of drug-likeness (QED) is 0.538. The van der Waals surface area contributed by atoms with Crippen LogP contribution in [0.15, 0.2) is 29.8 Å². The van der Waals surface area contributed by atoms with E-state index in [-0.39, 0.29) is 11.0 Å². The Hall–Kier alpha value is -2.06. The summed E-state index contributed by atoms with van der Waals surface area (Å²) in [6, 6.07) is 11.9. The standard InChI is InChI=1S/C18H22N2/c1-4-5-6-10-18(2,3)17-9-7-8-15(12-17)11-16(13-19)14-20/h7-9,11-12H,4-6,10H2,1-3H3. The molecule has 0 aliphatic rings. The summed E-state index contributed by atoms with van der Waals surface area (Å²) >= 11 is 0. The second-order valence-corrected chi connectivity index (χ2v) is 5.75. The van der Waals surface area contributed by atoms with Crippen LogP contribution in [0.25, 0.3) is 6.08 Å². The topological polar surface area (TPSA) is 47.6 Å². The van der Waals surface area contributed by atoms with Crippen LogP contribution in [0.5, 0.6) is 0 Å². The summed E-state index contributed by atoms with van der Waals surface area (Å²) in [5, 5.41) is 17.6. The highest BCUT2D eigenvalue weighted by Crippen LogP contribution is 2.30. The van der Waals surface area contributed by atoms with Gasteiger partial charge >= 0.3 is 0 Å². The molecule has 0 atom stereocenters. The number of hydrogen-bond acceptors (Lipinski definition) is 2. The zero-order valence-corrected chi connectivity index (χ0v) is 12.6. The molecule has 0 bridgehead atoms. The van der Waals surface area contributed by atoms with Crippen molar-refractivity contribution in [3.8, 4) is 12.1 Å². The van der Waals surface area contributed by atoms with Crippen molar-refractivity contribution in [2.24, 2.45) is 0 Å². The number of nitrogens with zero attached hydrogens (tertiary/aromatic N) is 2. The minimum atomic E-state index is 0.123. The van der Waals surface area contributed by atoms with E-state index in [9.17, 15) is 0 Å². The first kappa shape index (κ1) is 16.0. The van der Waals surface area contributed by atoms with Gasteiger partial charge in [-0.05, 0) is 29.0 Å². The van der Waals surface area contributed by atoms with Crippen molar-refractivity contribution in [1.29, 1.82) is 10.5 Å². The van der Waals surface area contributed by atoms with E-state index in [1.165, 1.54) is 24.8 Å². The highest BCUT2D eigenvalue weighted by atomic mass is 14.3. The van der Waals surface area contributed by atoms with Gasteiger partial charge in [0.25, 0.3) is 0 Å². The maximum absolute atomic E-state index is 8.82. The molecule has 0 aliphatic carbocycles. The fraction of sp³-hybridized carbons (Fsp3) is 0.444. The third-order valence-electron chi connectivity index (χ3n) is 3.63. The number of allylic oxidation sites excluding steroid dienone is 1. The van der Waals surface area contributed by atoms with Crippen LogP contribution < -0.4 is 0 Å². The average molecular weight is 266 g/mol. The van der Waals surface area contributed by atoms with E-state index in [0.717, 1.165) is 12.0 Å². The van der Waals surface area contributed by atoms with Crippen LogP contribution in [-0.2, 0) is 5.41 Å². The molecule has 2 nitrogen and oxygen atoms in total. The molecule has 1 aromatic carbocycles. The molecule has 0 saturated heterocycles. The van der Waals surface area contributed by atoms with Gasteiger partial charge in [-0.25, -0.2) is 0 Å². The minimum Gasteiger partial charge on any atom is -0.192 e. The molecule has 0 aromatic heterocycles. The summed E-state index contributed by atoms with van der Waals surface area (Å²) in [5.74, 6) is 0. The van der Waals surface area contributed by atoms with Gasteiger partial charge in [-0.15, -0.1) is 0 Å². The Kier molecular flexibility index (Phi) is 6.01. The first-order chi connectivity index (χ1) is 9.53. The van der Waals surface area contributed by atoms with Gasteiger partial charge in [0.05, 0.1) is 0 Å². The van der Waals surface area contributed by atoms with Crippen molar-refractivity contribution in [2.75, 3.05) is 0 Å². The van der Waals surface area contributed by atoms with E-state index in [0.29, 0.717) is 0 Å². The number of benzene rings is 1. The van der Waals surface area contributed by atoms with Crippen molar-refractivity contribution in [1.82, 2.24) is 0 Å². The predicted octanol–water partition coefficient (Wildman–Crippen LogP) is 4.98. The Bertz CT molecular complexity index is 538. The number of unbranched alkanes of at least 4 members (excludes halogenated alkanes) is 2. The predicted molar refractivity (Wildman–Crippen MR) is 82.8 cm³/mol. The molecule has 0 spiro atoms. The van der Waals surface area contributed by atoms with Gasteiger partial charge in [0.15, 0.2) is 0 Å². The fourth-order valence-electron chi connectivity index (χ4n) is 2.27. The van der Waals surface area contributed by atoms with Crippen molar-refractivity contribution in [3.63, 3.8) is 0 Å². The fourth-order valence-corrected chi connectivity index (χ4v) is 2.27. The Morgan fingerprint density at radius 3 is 2.50 bits per heavy atom. The van der Waals surface area contributed by atoms with Gasteiger partial charge in [-0.3, -0.25) is 0 Å². The molecule has 0 aliphatic heterocycles. The van der Waals surface area contributed by atoms with Crippen LogP contribution >= 0.6 is 0 Å². The number of rotatable bonds is 6. The average Bonchev–Trinajstić information content (AvgIpc) is 2.45. The van der Waals surface area contributed by atoms with Gasteiger partial charge in [-0.2, -0.15) is 10.5 Å². The van der Waals surface area contributed by atoms with Crippen LogP contribution in [-0.4, -0.2) is 0 Å². The lowest BCUT2D eigenvalue weighted by molar-refractivity contribution is 0.450. The van der Waals surface area contributed by atoms with E-state index in [4.69, 9.17) is 10.5 Å². The normalized spacial score (nSPS) is 10.4. The van der Waals surface area contributed by atoms with E-state index in [1.807, 2.05) is 24.3 Å². The molecule has 0 fully saturated rings. The summed E-state index contributed by atoms with van der Waals surface area (Å²) < 4.78 is 0. The Labute approximate surface area is 122 Å². The van der Waals surface area contributed by atoms with Gasteiger partial charge in [0.1, 0.15) is 17.7 Å². The first-order valence-electron chi connectivity index (χ1n) is 7.16. The maximum atomic E-state index is 8.82. The van der Waals surface area contributed by atoms with Crippen LogP contribution in [0.2, 0.25) is 0 Å². The van der Waals surface area contributed by atoms with Gasteiger partial charge < -0.3 is 0 Å². The van der Waals surface area contributed by atoms with Crippen molar-refractivity contribution in [2.45, 2.75) is 51.9 Å². The van der Waals surface area contributed by atoms with E-state index >= 15 is 0 Å². The van der Waals surface area contributed by atoms with E-state index in [1.54, 1.807) is 6.08 Å². The molecule has 0 heterocycles. The maximum Gasteiger partial charge on any atom is 0.130 e. The van der Waals surface area contributed by atoms with E-state index < -0.39 is 0 Å². The Morgan fingerprint density at radius 1 is 1.20 bits per heavy atom. The first-order valence-corrected chi connectivity index (χ1v) is 7.16. The SMILES string of the molecule is CCCCCC(C)(C)c1cccc(C=C(C#N)C#N)c1. The van der Waals surface area contributed by atoms with Crippen LogP contribution in [0, 0.1) is 22.7 Å². The van der Waals surface area contributed by atoms with Gasteiger partial charge in [0, 0.05) is 0 Å². The molecule has 0 saturated carbocycles. The third-order valence-corrected chi connectivity index (χ3v) is 3.63. The highest BCUT2D eigenvalue weighted by Gasteiger charge is 2.19. The smallest absolute Gasteiger partial charge is 0.130 e. The molecule has 0 amide bonds. The second-order valence-electron chi connectivity index (χ2n) is 5.75. The molecule has 20 heavy (non-hydrogen) atoms. The lowest BCUT2D eigenvalue weighted by atomic mass is 9.79. The molecular formula is C18H22N2. The van der Waals surface area contributed by atoms with Gasteiger partial charge in [0.2, 0.25) is 0 Å². The molecule has 1 aromatic rings. The summed E-state index contributed by atoms with van der Waals surface area (Å²) in [6.45, 7) is 6.71. The Morgan fingerprint density at radius 2 is 1.90 bits per heavy atom. The zero-order chi connectivity index (χ0) is 15.0. The Balaban J connectivity index is 2.96. The molecule has 0 unspecified atom stereocenters. The molecular weight excluding hydrogens is 244 g/mol. The second kappa shape index (κ2) is 7.51. The van der Waals surface area contributed by atoms with Crippen molar-refractivity contribution in [3.05, 3.63) is 41.0 Å². The van der Waals surface area contributed by atoms with E-state index in [2.05, 4.69) is 32.9 Å². The highest BCUT2D eigenvalue weighted by molar-refractivity contribution is 5.62. The number of nitriles is 2. The molecule has 104 valence electrons. The van der Waals surface area contributed by atoms with Gasteiger partial charge in [-0.1, -0.05) is 64.3 Å². The van der Waals surface area contributed by atoms with Crippen LogP contribution in [0.3, 0.4) is 0 Å². The van der Waals surface area contributed by atoms with Crippen molar-refractivity contribution >= 4 is 6.08 Å². The summed E-state index contributed by atoms with van der Waals surface area (Å²) in [4.78, 5) is 0. The molecule has 2 heteroatoms. The lowest BCUT2D eigenvalue weighted by Gasteiger charge is -2.25.